The number of phenolic OH excluding ortho intramolecular Hbond substituents is 1. The summed E-state index contributed by atoms with van der Waals surface area (Å²) in [6.07, 6.45) is 0.433. The molecule has 1 amide bonds. The summed E-state index contributed by atoms with van der Waals surface area (Å²) in [4.78, 5) is 21.8. The summed E-state index contributed by atoms with van der Waals surface area (Å²) >= 11 is 0. The standard InChI is InChI=1S/C11H13NO5/c1-6(14)12-8-4-9(16-2)11(17-3)7(5-13)10(8)15/h4-5,15H,1-3H3,(H,12,14). The van der Waals surface area contributed by atoms with Crippen LogP contribution >= 0.6 is 0 Å². The third-order valence-electron chi connectivity index (χ3n) is 2.11. The van der Waals surface area contributed by atoms with E-state index in [-0.39, 0.29) is 34.4 Å². The number of phenols is 1. The number of aldehydes is 1. The lowest BCUT2D eigenvalue weighted by Crippen LogP contribution is -2.07. The number of ether oxygens (including phenoxy) is 2. The van der Waals surface area contributed by atoms with E-state index in [1.54, 1.807) is 0 Å². The molecule has 92 valence electrons. The van der Waals surface area contributed by atoms with E-state index in [1.807, 2.05) is 0 Å². The minimum Gasteiger partial charge on any atom is -0.505 e. The van der Waals surface area contributed by atoms with E-state index in [1.165, 1.54) is 27.2 Å². The molecule has 0 aliphatic carbocycles. The second-order valence-corrected chi connectivity index (χ2v) is 3.22. The molecule has 0 bridgehead atoms. The van der Waals surface area contributed by atoms with Crippen molar-refractivity contribution >= 4 is 17.9 Å². The second-order valence-electron chi connectivity index (χ2n) is 3.22. The molecular formula is C11H13NO5. The predicted octanol–water partition coefficient (Wildman–Crippen LogP) is 1.18. The Morgan fingerprint density at radius 2 is 2.06 bits per heavy atom. The number of carbonyl (C=O) groups excluding carboxylic acids is 2. The van der Waals surface area contributed by atoms with Gasteiger partial charge in [0.25, 0.3) is 0 Å². The third-order valence-corrected chi connectivity index (χ3v) is 2.11. The zero-order valence-electron chi connectivity index (χ0n) is 9.73. The highest BCUT2D eigenvalue weighted by Gasteiger charge is 2.19. The van der Waals surface area contributed by atoms with Gasteiger partial charge < -0.3 is 19.9 Å². The molecule has 0 aliphatic heterocycles. The number of aromatic hydroxyl groups is 1. The lowest BCUT2D eigenvalue weighted by Gasteiger charge is -2.14. The molecule has 1 rings (SSSR count). The topological polar surface area (TPSA) is 84.9 Å². The van der Waals surface area contributed by atoms with Crippen LogP contribution in [0.3, 0.4) is 0 Å². The van der Waals surface area contributed by atoms with Crippen molar-refractivity contribution in [1.82, 2.24) is 0 Å². The van der Waals surface area contributed by atoms with Crippen molar-refractivity contribution in [3.8, 4) is 17.2 Å². The molecule has 2 N–H and O–H groups in total. The maximum Gasteiger partial charge on any atom is 0.221 e. The van der Waals surface area contributed by atoms with E-state index in [0.717, 1.165) is 0 Å². The minimum absolute atomic E-state index is 0.0735. The summed E-state index contributed by atoms with van der Waals surface area (Å²) in [5, 5.41) is 12.2. The van der Waals surface area contributed by atoms with E-state index in [9.17, 15) is 14.7 Å². The minimum atomic E-state index is -0.371. The van der Waals surface area contributed by atoms with Crippen molar-refractivity contribution in [2.45, 2.75) is 6.92 Å². The van der Waals surface area contributed by atoms with Gasteiger partial charge in [0.2, 0.25) is 5.91 Å². The molecule has 0 atom stereocenters. The molecular weight excluding hydrogens is 226 g/mol. The highest BCUT2D eigenvalue weighted by atomic mass is 16.5. The number of rotatable bonds is 4. The largest absolute Gasteiger partial charge is 0.505 e. The van der Waals surface area contributed by atoms with Gasteiger partial charge in [0.15, 0.2) is 23.5 Å². The van der Waals surface area contributed by atoms with Crippen LogP contribution in [0.4, 0.5) is 5.69 Å². The fourth-order valence-electron chi connectivity index (χ4n) is 1.41. The zero-order chi connectivity index (χ0) is 13.0. The van der Waals surface area contributed by atoms with E-state index < -0.39 is 0 Å². The molecule has 6 heteroatoms. The Morgan fingerprint density at radius 1 is 1.41 bits per heavy atom. The first-order valence-corrected chi connectivity index (χ1v) is 4.75. The monoisotopic (exact) mass is 239 g/mol. The number of hydrogen-bond acceptors (Lipinski definition) is 5. The SMILES string of the molecule is COc1cc(NC(C)=O)c(O)c(C=O)c1OC. The number of carbonyl (C=O) groups is 2. The second kappa shape index (κ2) is 5.20. The third kappa shape index (κ3) is 2.47. The number of methoxy groups -OCH3 is 2. The van der Waals surface area contributed by atoms with Crippen LogP contribution in [0.5, 0.6) is 17.2 Å². The molecule has 0 radical (unpaired) electrons. The summed E-state index contributed by atoms with van der Waals surface area (Å²) in [6.45, 7) is 1.29. The van der Waals surface area contributed by atoms with Gasteiger partial charge in [-0.25, -0.2) is 0 Å². The molecule has 6 nitrogen and oxygen atoms in total. The Labute approximate surface area is 98.2 Å². The highest BCUT2D eigenvalue weighted by molar-refractivity contribution is 5.96. The predicted molar refractivity (Wildman–Crippen MR) is 60.9 cm³/mol. The Hall–Kier alpha value is -2.24. The van der Waals surface area contributed by atoms with Crippen molar-refractivity contribution < 1.29 is 24.2 Å². The molecule has 0 spiro atoms. The van der Waals surface area contributed by atoms with Crippen LogP contribution in [0.2, 0.25) is 0 Å². The van der Waals surface area contributed by atoms with E-state index in [0.29, 0.717) is 6.29 Å². The fraction of sp³-hybridized carbons (Fsp3) is 0.273. The Balaban J connectivity index is 3.44. The molecule has 0 aliphatic rings. The smallest absolute Gasteiger partial charge is 0.221 e. The van der Waals surface area contributed by atoms with Gasteiger partial charge in [-0.15, -0.1) is 0 Å². The van der Waals surface area contributed by atoms with Gasteiger partial charge in [0, 0.05) is 13.0 Å². The average molecular weight is 239 g/mol. The van der Waals surface area contributed by atoms with Crippen molar-refractivity contribution in [3.05, 3.63) is 11.6 Å². The lowest BCUT2D eigenvalue weighted by atomic mass is 10.1. The zero-order valence-corrected chi connectivity index (χ0v) is 9.73. The van der Waals surface area contributed by atoms with Gasteiger partial charge in [-0.3, -0.25) is 9.59 Å². The van der Waals surface area contributed by atoms with E-state index >= 15 is 0 Å². The first kappa shape index (κ1) is 12.8. The summed E-state index contributed by atoms with van der Waals surface area (Å²) in [7, 11) is 2.74. The van der Waals surface area contributed by atoms with Gasteiger partial charge in [0.05, 0.1) is 19.9 Å². The fourth-order valence-corrected chi connectivity index (χ4v) is 1.41. The van der Waals surface area contributed by atoms with Gasteiger partial charge in [-0.05, 0) is 0 Å². The Morgan fingerprint density at radius 3 is 2.47 bits per heavy atom. The first-order chi connectivity index (χ1) is 8.04. The van der Waals surface area contributed by atoms with Crippen LogP contribution < -0.4 is 14.8 Å². The van der Waals surface area contributed by atoms with Crippen LogP contribution in [0, 0.1) is 0 Å². The molecule has 0 saturated heterocycles. The normalized spacial score (nSPS) is 9.59. The number of anilines is 1. The molecule has 17 heavy (non-hydrogen) atoms. The van der Waals surface area contributed by atoms with Crippen LogP contribution in [-0.2, 0) is 4.79 Å². The van der Waals surface area contributed by atoms with Crippen molar-refractivity contribution in [2.24, 2.45) is 0 Å². The molecule has 1 aromatic carbocycles. The van der Waals surface area contributed by atoms with Crippen LogP contribution in [0.15, 0.2) is 6.07 Å². The summed E-state index contributed by atoms with van der Waals surface area (Å²) < 4.78 is 9.98. The van der Waals surface area contributed by atoms with Crippen molar-refractivity contribution in [3.63, 3.8) is 0 Å². The van der Waals surface area contributed by atoms with Crippen LogP contribution in [0.25, 0.3) is 0 Å². The maximum absolute atomic E-state index is 10.9. The quantitative estimate of drug-likeness (QED) is 0.608. The number of amides is 1. The van der Waals surface area contributed by atoms with Gasteiger partial charge in [0.1, 0.15) is 5.56 Å². The number of benzene rings is 1. The molecule has 0 aromatic heterocycles. The van der Waals surface area contributed by atoms with Gasteiger partial charge in [-0.1, -0.05) is 0 Å². The number of nitrogens with one attached hydrogen (secondary N) is 1. The highest BCUT2D eigenvalue weighted by Crippen LogP contribution is 2.41. The van der Waals surface area contributed by atoms with Gasteiger partial charge in [-0.2, -0.15) is 0 Å². The summed E-state index contributed by atoms with van der Waals surface area (Å²) in [6, 6.07) is 1.38. The Bertz CT molecular complexity index is 456. The van der Waals surface area contributed by atoms with Crippen LogP contribution in [-0.4, -0.2) is 31.5 Å². The first-order valence-electron chi connectivity index (χ1n) is 4.75. The van der Waals surface area contributed by atoms with Gasteiger partial charge >= 0.3 is 0 Å². The summed E-state index contributed by atoms with van der Waals surface area (Å²) in [5.74, 6) is -0.359. The molecule has 0 saturated carbocycles. The molecule has 0 heterocycles. The molecule has 0 unspecified atom stereocenters. The Kier molecular flexibility index (Phi) is 3.92. The maximum atomic E-state index is 10.9. The average Bonchev–Trinajstić information content (AvgIpc) is 2.30. The molecule has 0 fully saturated rings. The lowest BCUT2D eigenvalue weighted by molar-refractivity contribution is -0.114. The molecule has 1 aromatic rings. The van der Waals surface area contributed by atoms with E-state index in [2.05, 4.69) is 5.32 Å². The number of hydrogen-bond donors (Lipinski definition) is 2. The van der Waals surface area contributed by atoms with Crippen molar-refractivity contribution in [2.75, 3.05) is 19.5 Å². The summed E-state index contributed by atoms with van der Waals surface area (Å²) in [5.41, 5.74) is 0.0212. The van der Waals surface area contributed by atoms with E-state index in [4.69, 9.17) is 9.47 Å². The van der Waals surface area contributed by atoms with Crippen LogP contribution in [0.1, 0.15) is 17.3 Å². The van der Waals surface area contributed by atoms with Crippen molar-refractivity contribution in [1.29, 1.82) is 0 Å².